The first-order valence-corrected chi connectivity index (χ1v) is 5.82. The van der Waals surface area contributed by atoms with E-state index in [9.17, 15) is 5.11 Å². The second-order valence-electron chi connectivity index (χ2n) is 4.68. The third-order valence-corrected chi connectivity index (χ3v) is 2.72. The first kappa shape index (κ1) is 12.0. The van der Waals surface area contributed by atoms with E-state index < -0.39 is 0 Å². The molecule has 1 fully saturated rings. The summed E-state index contributed by atoms with van der Waals surface area (Å²) in [5, 5.41) is 16.5. The first-order chi connectivity index (χ1) is 6.70. The smallest absolute Gasteiger partial charge is 0.0817 e. The van der Waals surface area contributed by atoms with Crippen LogP contribution in [0.2, 0.25) is 0 Å². The van der Waals surface area contributed by atoms with Crippen molar-refractivity contribution in [2.45, 2.75) is 45.3 Å². The van der Waals surface area contributed by atoms with Crippen LogP contribution in [0.25, 0.3) is 0 Å². The number of aliphatic hydroxyl groups excluding tert-OH is 1. The van der Waals surface area contributed by atoms with Crippen LogP contribution in [0, 0.1) is 5.92 Å². The summed E-state index contributed by atoms with van der Waals surface area (Å²) in [5.74, 6) is 0.654. The molecule has 0 aromatic heterocycles. The highest BCUT2D eigenvalue weighted by Gasteiger charge is 2.20. The second-order valence-corrected chi connectivity index (χ2v) is 4.68. The van der Waals surface area contributed by atoms with E-state index in [4.69, 9.17) is 0 Å². The van der Waals surface area contributed by atoms with Crippen molar-refractivity contribution in [3.05, 3.63) is 0 Å². The van der Waals surface area contributed by atoms with Crippen LogP contribution in [0.5, 0.6) is 0 Å². The summed E-state index contributed by atoms with van der Waals surface area (Å²) in [4.78, 5) is 0. The Hall–Kier alpha value is -0.120. The quantitative estimate of drug-likeness (QED) is 0.613. The number of nitrogens with one attached hydrogen (secondary N) is 2. The fourth-order valence-electron chi connectivity index (χ4n) is 1.87. The molecule has 2 unspecified atom stereocenters. The van der Waals surface area contributed by atoms with Gasteiger partial charge in [-0.2, -0.15) is 0 Å². The van der Waals surface area contributed by atoms with Gasteiger partial charge in [-0.1, -0.05) is 20.3 Å². The Kier molecular flexibility index (Phi) is 5.45. The van der Waals surface area contributed by atoms with E-state index in [2.05, 4.69) is 24.5 Å². The second kappa shape index (κ2) is 6.38. The predicted octanol–water partition coefficient (Wildman–Crippen LogP) is 0.735. The van der Waals surface area contributed by atoms with Crippen molar-refractivity contribution in [1.82, 2.24) is 10.6 Å². The molecule has 1 saturated heterocycles. The van der Waals surface area contributed by atoms with Crippen molar-refractivity contribution in [3.63, 3.8) is 0 Å². The monoisotopic (exact) mass is 200 g/mol. The van der Waals surface area contributed by atoms with Gasteiger partial charge >= 0.3 is 0 Å². The number of hydrogen-bond acceptors (Lipinski definition) is 3. The van der Waals surface area contributed by atoms with Crippen LogP contribution in [-0.4, -0.2) is 36.9 Å². The zero-order valence-corrected chi connectivity index (χ0v) is 9.42. The molecule has 3 N–H and O–H groups in total. The zero-order chi connectivity index (χ0) is 10.4. The lowest BCUT2D eigenvalue weighted by atomic mass is 10.00. The number of aliphatic hydroxyl groups is 1. The van der Waals surface area contributed by atoms with E-state index in [0.29, 0.717) is 12.0 Å². The molecule has 0 radical (unpaired) electrons. The molecule has 0 aliphatic carbocycles. The van der Waals surface area contributed by atoms with Gasteiger partial charge in [0.2, 0.25) is 0 Å². The maximum absolute atomic E-state index is 9.86. The highest BCUT2D eigenvalue weighted by Crippen LogP contribution is 2.09. The number of rotatable bonds is 5. The Labute approximate surface area is 87.3 Å². The minimum absolute atomic E-state index is 0.228. The summed E-state index contributed by atoms with van der Waals surface area (Å²) >= 11 is 0. The molecule has 1 aliphatic rings. The third kappa shape index (κ3) is 4.40. The molecule has 1 rings (SSSR count). The van der Waals surface area contributed by atoms with Gasteiger partial charge in [0.1, 0.15) is 0 Å². The summed E-state index contributed by atoms with van der Waals surface area (Å²) in [7, 11) is 0. The fraction of sp³-hybridized carbons (Fsp3) is 1.00. The van der Waals surface area contributed by atoms with Crippen LogP contribution in [-0.2, 0) is 0 Å². The van der Waals surface area contributed by atoms with E-state index in [1.807, 2.05) is 0 Å². The largest absolute Gasteiger partial charge is 0.390 e. The minimum Gasteiger partial charge on any atom is -0.390 e. The molecular weight excluding hydrogens is 176 g/mol. The molecule has 84 valence electrons. The highest BCUT2D eigenvalue weighted by molar-refractivity contribution is 4.80. The van der Waals surface area contributed by atoms with Crippen molar-refractivity contribution in [2.24, 2.45) is 5.92 Å². The van der Waals surface area contributed by atoms with Gasteiger partial charge in [-0.05, 0) is 31.8 Å². The van der Waals surface area contributed by atoms with Gasteiger partial charge in [-0.25, -0.2) is 0 Å². The Morgan fingerprint density at radius 1 is 1.36 bits per heavy atom. The van der Waals surface area contributed by atoms with Crippen LogP contribution < -0.4 is 10.6 Å². The van der Waals surface area contributed by atoms with E-state index >= 15 is 0 Å². The molecule has 1 aliphatic heterocycles. The molecular formula is C11H24N2O. The average molecular weight is 200 g/mol. The van der Waals surface area contributed by atoms with Gasteiger partial charge in [-0.3, -0.25) is 0 Å². The summed E-state index contributed by atoms with van der Waals surface area (Å²) in [6.45, 7) is 7.13. The lowest BCUT2D eigenvalue weighted by molar-refractivity contribution is 0.111. The minimum atomic E-state index is -0.228. The van der Waals surface area contributed by atoms with Crippen LogP contribution >= 0.6 is 0 Å². The first-order valence-electron chi connectivity index (χ1n) is 5.82. The maximum Gasteiger partial charge on any atom is 0.0817 e. The Morgan fingerprint density at radius 2 is 2.14 bits per heavy atom. The van der Waals surface area contributed by atoms with E-state index in [1.54, 1.807) is 0 Å². The van der Waals surface area contributed by atoms with Gasteiger partial charge in [-0.15, -0.1) is 0 Å². The van der Waals surface area contributed by atoms with E-state index in [1.165, 1.54) is 12.8 Å². The lowest BCUT2D eigenvalue weighted by Gasteiger charge is -2.28. The van der Waals surface area contributed by atoms with Gasteiger partial charge in [0.15, 0.2) is 0 Å². The van der Waals surface area contributed by atoms with Crippen molar-refractivity contribution < 1.29 is 5.11 Å². The summed E-state index contributed by atoms with van der Waals surface area (Å²) in [5.41, 5.74) is 0. The predicted molar refractivity (Wildman–Crippen MR) is 59.4 cm³/mol. The average Bonchev–Trinajstić information content (AvgIpc) is 2.18. The molecule has 0 aromatic rings. The topological polar surface area (TPSA) is 44.3 Å². The van der Waals surface area contributed by atoms with E-state index in [-0.39, 0.29) is 6.10 Å². The Balaban J connectivity index is 2.10. The van der Waals surface area contributed by atoms with Crippen molar-refractivity contribution in [3.8, 4) is 0 Å². The van der Waals surface area contributed by atoms with E-state index in [0.717, 1.165) is 26.1 Å². The molecule has 0 spiro atoms. The normalized spacial score (nSPS) is 25.3. The summed E-state index contributed by atoms with van der Waals surface area (Å²) < 4.78 is 0. The van der Waals surface area contributed by atoms with Gasteiger partial charge < -0.3 is 15.7 Å². The van der Waals surface area contributed by atoms with Crippen LogP contribution in [0.1, 0.15) is 33.1 Å². The third-order valence-electron chi connectivity index (χ3n) is 2.72. The molecule has 14 heavy (non-hydrogen) atoms. The van der Waals surface area contributed by atoms with Crippen LogP contribution in [0.3, 0.4) is 0 Å². The van der Waals surface area contributed by atoms with Crippen LogP contribution in [0.4, 0.5) is 0 Å². The SMILES string of the molecule is CC(C)CNCC(O)C1CCCCN1. The molecule has 2 atom stereocenters. The molecule has 3 nitrogen and oxygen atoms in total. The molecule has 0 bridgehead atoms. The standard InChI is InChI=1S/C11H24N2O/c1-9(2)7-12-8-11(14)10-5-3-4-6-13-10/h9-14H,3-8H2,1-2H3. The zero-order valence-electron chi connectivity index (χ0n) is 9.42. The van der Waals surface area contributed by atoms with Crippen molar-refractivity contribution in [1.29, 1.82) is 0 Å². The summed E-state index contributed by atoms with van der Waals surface area (Å²) in [6, 6.07) is 0.309. The molecule has 0 amide bonds. The van der Waals surface area contributed by atoms with Gasteiger partial charge in [0, 0.05) is 12.6 Å². The van der Waals surface area contributed by atoms with Crippen molar-refractivity contribution >= 4 is 0 Å². The number of piperidine rings is 1. The number of hydrogen-bond donors (Lipinski definition) is 3. The summed E-state index contributed by atoms with van der Waals surface area (Å²) in [6.07, 6.45) is 3.39. The lowest BCUT2D eigenvalue weighted by Crippen LogP contribution is -2.47. The van der Waals surface area contributed by atoms with Gasteiger partial charge in [0.05, 0.1) is 6.10 Å². The van der Waals surface area contributed by atoms with Crippen LogP contribution in [0.15, 0.2) is 0 Å². The van der Waals surface area contributed by atoms with Gasteiger partial charge in [0.25, 0.3) is 0 Å². The maximum atomic E-state index is 9.86. The molecule has 0 saturated carbocycles. The Morgan fingerprint density at radius 3 is 2.71 bits per heavy atom. The molecule has 1 heterocycles. The molecule has 3 heteroatoms. The Bertz CT molecular complexity index is 144. The molecule has 0 aromatic carbocycles. The van der Waals surface area contributed by atoms with Crippen molar-refractivity contribution in [2.75, 3.05) is 19.6 Å². The highest BCUT2D eigenvalue weighted by atomic mass is 16.3. The fourth-order valence-corrected chi connectivity index (χ4v) is 1.87.